The van der Waals surface area contributed by atoms with Gasteiger partial charge in [0, 0.05) is 12.2 Å². The van der Waals surface area contributed by atoms with Crippen molar-refractivity contribution in [3.05, 3.63) is 53.1 Å². The second kappa shape index (κ2) is 6.31. The van der Waals surface area contributed by atoms with Crippen molar-refractivity contribution in [3.63, 3.8) is 0 Å². The molecule has 0 saturated carbocycles. The summed E-state index contributed by atoms with van der Waals surface area (Å²) in [6.45, 7) is 3.76. The van der Waals surface area contributed by atoms with Crippen LogP contribution in [0.5, 0.6) is 0 Å². The van der Waals surface area contributed by atoms with E-state index in [4.69, 9.17) is 0 Å². The van der Waals surface area contributed by atoms with Gasteiger partial charge < -0.3 is 5.32 Å². The van der Waals surface area contributed by atoms with Crippen LogP contribution >= 0.6 is 0 Å². The number of aryl methyl sites for hydroxylation is 2. The highest BCUT2D eigenvalue weighted by molar-refractivity contribution is 5.16. The molecule has 0 aliphatic rings. The summed E-state index contributed by atoms with van der Waals surface area (Å²) in [6, 6.07) is 6.60. The van der Waals surface area contributed by atoms with Gasteiger partial charge in [-0.3, -0.25) is 5.10 Å². The summed E-state index contributed by atoms with van der Waals surface area (Å²) in [5.41, 5.74) is 3.53. The number of rotatable bonds is 6. The monoisotopic (exact) mass is 247 g/mol. The fourth-order valence-electron chi connectivity index (χ4n) is 1.87. The molecule has 0 fully saturated rings. The maximum absolute atomic E-state index is 12.7. The van der Waals surface area contributed by atoms with E-state index < -0.39 is 0 Å². The minimum Gasteiger partial charge on any atom is -0.313 e. The molecular weight excluding hydrogens is 229 g/mol. The molecule has 4 heteroatoms. The van der Waals surface area contributed by atoms with Gasteiger partial charge in [-0.05, 0) is 49.6 Å². The zero-order valence-electron chi connectivity index (χ0n) is 10.5. The van der Waals surface area contributed by atoms with Crippen LogP contribution in [0.4, 0.5) is 4.39 Å². The van der Waals surface area contributed by atoms with Crippen LogP contribution in [0.3, 0.4) is 0 Å². The first-order valence-electron chi connectivity index (χ1n) is 6.20. The molecule has 2 aromatic rings. The molecule has 0 radical (unpaired) electrons. The van der Waals surface area contributed by atoms with Gasteiger partial charge in [0.25, 0.3) is 0 Å². The SMILES string of the molecule is Cc1[nH]ncc1CCCNCc1ccc(F)cc1. The molecule has 1 aromatic carbocycles. The van der Waals surface area contributed by atoms with E-state index in [0.29, 0.717) is 0 Å². The Morgan fingerprint density at radius 3 is 2.72 bits per heavy atom. The van der Waals surface area contributed by atoms with Crippen LogP contribution < -0.4 is 5.32 Å². The van der Waals surface area contributed by atoms with Gasteiger partial charge in [0.1, 0.15) is 5.82 Å². The molecule has 0 spiro atoms. The van der Waals surface area contributed by atoms with Crippen molar-refractivity contribution in [1.29, 1.82) is 0 Å². The summed E-state index contributed by atoms with van der Waals surface area (Å²) in [7, 11) is 0. The van der Waals surface area contributed by atoms with Crippen LogP contribution in [0, 0.1) is 12.7 Å². The average Bonchev–Trinajstić information content (AvgIpc) is 2.77. The van der Waals surface area contributed by atoms with Crippen molar-refractivity contribution in [2.45, 2.75) is 26.3 Å². The van der Waals surface area contributed by atoms with Crippen LogP contribution in [0.1, 0.15) is 23.2 Å². The third kappa shape index (κ3) is 3.67. The molecule has 0 aliphatic carbocycles. The lowest BCUT2D eigenvalue weighted by atomic mass is 10.1. The third-order valence-electron chi connectivity index (χ3n) is 2.98. The lowest BCUT2D eigenvalue weighted by Crippen LogP contribution is -2.15. The highest BCUT2D eigenvalue weighted by Gasteiger charge is 1.99. The largest absolute Gasteiger partial charge is 0.313 e. The molecule has 0 saturated heterocycles. The first kappa shape index (κ1) is 12.8. The summed E-state index contributed by atoms with van der Waals surface area (Å²) in [5, 5.41) is 10.3. The van der Waals surface area contributed by atoms with Crippen molar-refractivity contribution < 1.29 is 4.39 Å². The van der Waals surface area contributed by atoms with Crippen LogP contribution in [-0.2, 0) is 13.0 Å². The topological polar surface area (TPSA) is 40.7 Å². The zero-order valence-corrected chi connectivity index (χ0v) is 10.5. The van der Waals surface area contributed by atoms with Crippen molar-refractivity contribution in [1.82, 2.24) is 15.5 Å². The Bertz CT molecular complexity index is 476. The van der Waals surface area contributed by atoms with E-state index in [-0.39, 0.29) is 5.82 Å². The van der Waals surface area contributed by atoms with Gasteiger partial charge in [0.05, 0.1) is 6.20 Å². The standard InChI is InChI=1S/C14H18FN3/c1-11-13(10-17-18-11)3-2-8-16-9-12-4-6-14(15)7-5-12/h4-7,10,16H,2-3,8-9H2,1H3,(H,17,18). The summed E-state index contributed by atoms with van der Waals surface area (Å²) in [4.78, 5) is 0. The molecule has 96 valence electrons. The number of nitrogens with zero attached hydrogens (tertiary/aromatic N) is 1. The third-order valence-corrected chi connectivity index (χ3v) is 2.98. The van der Waals surface area contributed by atoms with Crippen molar-refractivity contribution in [3.8, 4) is 0 Å². The molecule has 3 nitrogen and oxygen atoms in total. The lowest BCUT2D eigenvalue weighted by molar-refractivity contribution is 0.622. The maximum atomic E-state index is 12.7. The van der Waals surface area contributed by atoms with Crippen molar-refractivity contribution in [2.75, 3.05) is 6.54 Å². The van der Waals surface area contributed by atoms with Crippen LogP contribution in [0.15, 0.2) is 30.5 Å². The molecule has 1 heterocycles. The fraction of sp³-hybridized carbons (Fsp3) is 0.357. The van der Waals surface area contributed by atoms with Gasteiger partial charge in [-0.25, -0.2) is 4.39 Å². The van der Waals surface area contributed by atoms with Gasteiger partial charge >= 0.3 is 0 Å². The van der Waals surface area contributed by atoms with Gasteiger partial charge in [0.15, 0.2) is 0 Å². The second-order valence-electron chi connectivity index (χ2n) is 4.43. The van der Waals surface area contributed by atoms with E-state index in [2.05, 4.69) is 15.5 Å². The highest BCUT2D eigenvalue weighted by atomic mass is 19.1. The highest BCUT2D eigenvalue weighted by Crippen LogP contribution is 2.05. The molecular formula is C14H18FN3. The van der Waals surface area contributed by atoms with Crippen LogP contribution in [-0.4, -0.2) is 16.7 Å². The second-order valence-corrected chi connectivity index (χ2v) is 4.43. The average molecular weight is 247 g/mol. The number of nitrogens with one attached hydrogen (secondary N) is 2. The van der Waals surface area contributed by atoms with Gasteiger partial charge in [0.2, 0.25) is 0 Å². The Kier molecular flexibility index (Phi) is 4.47. The summed E-state index contributed by atoms with van der Waals surface area (Å²) in [6.07, 6.45) is 3.98. The number of hydrogen-bond donors (Lipinski definition) is 2. The van der Waals surface area contributed by atoms with Crippen molar-refractivity contribution in [2.24, 2.45) is 0 Å². The Balaban J connectivity index is 1.64. The number of hydrogen-bond acceptors (Lipinski definition) is 2. The summed E-state index contributed by atoms with van der Waals surface area (Å²) in [5.74, 6) is -0.186. The predicted molar refractivity (Wildman–Crippen MR) is 69.8 cm³/mol. The molecule has 0 amide bonds. The summed E-state index contributed by atoms with van der Waals surface area (Å²) < 4.78 is 12.7. The maximum Gasteiger partial charge on any atom is 0.123 e. The molecule has 1 aromatic heterocycles. The fourth-order valence-corrected chi connectivity index (χ4v) is 1.87. The van der Waals surface area contributed by atoms with Gasteiger partial charge in [-0.2, -0.15) is 5.10 Å². The molecule has 2 rings (SSSR count). The lowest BCUT2D eigenvalue weighted by Gasteiger charge is -2.04. The zero-order chi connectivity index (χ0) is 12.8. The minimum atomic E-state index is -0.186. The Labute approximate surface area is 106 Å². The van der Waals surface area contributed by atoms with Gasteiger partial charge in [-0.1, -0.05) is 12.1 Å². The smallest absolute Gasteiger partial charge is 0.123 e. The Morgan fingerprint density at radius 2 is 2.06 bits per heavy atom. The minimum absolute atomic E-state index is 0.186. The van der Waals surface area contributed by atoms with E-state index in [0.717, 1.165) is 37.2 Å². The molecule has 18 heavy (non-hydrogen) atoms. The molecule has 0 atom stereocenters. The van der Waals surface area contributed by atoms with Gasteiger partial charge in [-0.15, -0.1) is 0 Å². The predicted octanol–water partition coefficient (Wildman–Crippen LogP) is 2.58. The van der Waals surface area contributed by atoms with E-state index in [1.807, 2.05) is 25.3 Å². The first-order chi connectivity index (χ1) is 8.75. The molecule has 2 N–H and O–H groups in total. The van der Waals surface area contributed by atoms with E-state index >= 15 is 0 Å². The normalized spacial score (nSPS) is 10.8. The number of benzene rings is 1. The quantitative estimate of drug-likeness (QED) is 0.770. The van der Waals surface area contributed by atoms with Crippen molar-refractivity contribution >= 4 is 0 Å². The molecule has 0 unspecified atom stereocenters. The van der Waals surface area contributed by atoms with Crippen LogP contribution in [0.25, 0.3) is 0 Å². The first-order valence-corrected chi connectivity index (χ1v) is 6.20. The number of halogens is 1. The summed E-state index contributed by atoms with van der Waals surface area (Å²) >= 11 is 0. The number of aromatic nitrogens is 2. The van der Waals surface area contributed by atoms with E-state index in [1.165, 1.54) is 17.7 Å². The Hall–Kier alpha value is -1.68. The number of H-pyrrole nitrogens is 1. The number of aromatic amines is 1. The molecule has 0 bridgehead atoms. The molecule has 0 aliphatic heterocycles. The van der Waals surface area contributed by atoms with E-state index in [1.54, 1.807) is 0 Å². The Morgan fingerprint density at radius 1 is 1.28 bits per heavy atom. The van der Waals surface area contributed by atoms with Crippen LogP contribution in [0.2, 0.25) is 0 Å². The van der Waals surface area contributed by atoms with E-state index in [9.17, 15) is 4.39 Å².